The van der Waals surface area contributed by atoms with E-state index in [0.717, 1.165) is 18.4 Å². The molecule has 6 heteroatoms. The van der Waals surface area contributed by atoms with Gasteiger partial charge in [0.25, 0.3) is 0 Å². The summed E-state index contributed by atoms with van der Waals surface area (Å²) in [5, 5.41) is 12.3. The van der Waals surface area contributed by atoms with Crippen molar-refractivity contribution >= 4 is 12.0 Å². The van der Waals surface area contributed by atoms with Crippen LogP contribution in [0, 0.1) is 0 Å². The molecule has 2 amide bonds. The van der Waals surface area contributed by atoms with Crippen LogP contribution >= 0.6 is 0 Å². The molecule has 0 atom stereocenters. The number of likely N-dealkylation sites (N-methyl/N-ethyl adjacent to an activating group) is 1. The maximum absolute atomic E-state index is 12.0. The Kier molecular flexibility index (Phi) is 6.40. The summed E-state index contributed by atoms with van der Waals surface area (Å²) in [6.07, 6.45) is 2.19. The fourth-order valence-corrected chi connectivity index (χ4v) is 2.60. The number of carbonyl (C=O) groups is 2. The maximum atomic E-state index is 12.0. The first-order chi connectivity index (χ1) is 11.0. The van der Waals surface area contributed by atoms with Gasteiger partial charge in [0, 0.05) is 13.1 Å². The van der Waals surface area contributed by atoms with Gasteiger partial charge in [-0.15, -0.1) is 0 Å². The van der Waals surface area contributed by atoms with Crippen molar-refractivity contribution in [1.82, 2.24) is 10.2 Å². The first-order valence-corrected chi connectivity index (χ1v) is 7.94. The van der Waals surface area contributed by atoms with E-state index in [1.54, 1.807) is 0 Å². The normalized spacial score (nSPS) is 20.6. The van der Waals surface area contributed by atoms with Crippen LogP contribution in [0.25, 0.3) is 0 Å². The number of benzene rings is 1. The van der Waals surface area contributed by atoms with E-state index in [1.165, 1.54) is 11.9 Å². The molecule has 126 valence electrons. The molecule has 0 heterocycles. The number of ether oxygens (including phenoxy) is 1. The standard InChI is InChI=1S/C17H24N2O4/c1-19(17(22)23-12-13-5-3-2-4-6-13)11-16(21)18-14-7-9-15(20)10-8-14/h2-6,14-15,20H,7-12H2,1H3,(H,18,21). The van der Waals surface area contributed by atoms with Crippen LogP contribution in [0.15, 0.2) is 30.3 Å². The van der Waals surface area contributed by atoms with Crippen molar-refractivity contribution in [1.29, 1.82) is 0 Å². The molecule has 0 radical (unpaired) electrons. The number of hydrogen-bond acceptors (Lipinski definition) is 4. The van der Waals surface area contributed by atoms with E-state index in [9.17, 15) is 14.7 Å². The van der Waals surface area contributed by atoms with Crippen molar-refractivity contribution in [2.24, 2.45) is 0 Å². The van der Waals surface area contributed by atoms with Gasteiger partial charge < -0.3 is 20.1 Å². The van der Waals surface area contributed by atoms with Crippen LogP contribution < -0.4 is 5.32 Å². The lowest BCUT2D eigenvalue weighted by atomic mass is 9.93. The monoisotopic (exact) mass is 320 g/mol. The molecular weight excluding hydrogens is 296 g/mol. The van der Waals surface area contributed by atoms with Gasteiger partial charge in [-0.1, -0.05) is 30.3 Å². The number of aliphatic hydroxyl groups is 1. The molecule has 0 aromatic heterocycles. The first-order valence-electron chi connectivity index (χ1n) is 7.94. The molecule has 0 bridgehead atoms. The lowest BCUT2D eigenvalue weighted by molar-refractivity contribution is -0.122. The molecule has 2 N–H and O–H groups in total. The Bertz CT molecular complexity index is 513. The fraction of sp³-hybridized carbons (Fsp3) is 0.529. The van der Waals surface area contributed by atoms with Crippen LogP contribution in [0.4, 0.5) is 4.79 Å². The number of amides is 2. The summed E-state index contributed by atoms with van der Waals surface area (Å²) in [7, 11) is 1.54. The Hall–Kier alpha value is -2.08. The zero-order chi connectivity index (χ0) is 16.7. The molecule has 23 heavy (non-hydrogen) atoms. The van der Waals surface area contributed by atoms with E-state index in [1.807, 2.05) is 30.3 Å². The number of rotatable bonds is 5. The average Bonchev–Trinajstić information content (AvgIpc) is 2.55. The highest BCUT2D eigenvalue weighted by atomic mass is 16.6. The maximum Gasteiger partial charge on any atom is 0.410 e. The van der Waals surface area contributed by atoms with Crippen LogP contribution in [-0.2, 0) is 16.1 Å². The molecule has 1 aliphatic carbocycles. The fourth-order valence-electron chi connectivity index (χ4n) is 2.60. The third-order valence-corrected chi connectivity index (χ3v) is 3.96. The molecule has 0 spiro atoms. The zero-order valence-corrected chi connectivity index (χ0v) is 13.4. The second kappa shape index (κ2) is 8.53. The summed E-state index contributed by atoms with van der Waals surface area (Å²) in [5.41, 5.74) is 0.902. The number of nitrogens with one attached hydrogen (secondary N) is 1. The van der Waals surface area contributed by atoms with Gasteiger partial charge in [-0.3, -0.25) is 4.79 Å². The summed E-state index contributed by atoms with van der Waals surface area (Å²) in [5.74, 6) is -0.203. The largest absolute Gasteiger partial charge is 0.445 e. The highest BCUT2D eigenvalue weighted by Crippen LogP contribution is 2.18. The minimum atomic E-state index is -0.525. The molecule has 6 nitrogen and oxygen atoms in total. The highest BCUT2D eigenvalue weighted by molar-refractivity contribution is 5.82. The van der Waals surface area contributed by atoms with E-state index in [4.69, 9.17) is 4.74 Å². The SMILES string of the molecule is CN(CC(=O)NC1CCC(O)CC1)C(=O)OCc1ccccc1. The topological polar surface area (TPSA) is 78.9 Å². The Labute approximate surface area is 136 Å². The van der Waals surface area contributed by atoms with Gasteiger partial charge in [0.15, 0.2) is 0 Å². The average molecular weight is 320 g/mol. The molecule has 0 unspecified atom stereocenters. The minimum Gasteiger partial charge on any atom is -0.445 e. The van der Waals surface area contributed by atoms with E-state index in [0.29, 0.717) is 12.8 Å². The van der Waals surface area contributed by atoms with Crippen molar-refractivity contribution in [3.05, 3.63) is 35.9 Å². The summed E-state index contributed by atoms with van der Waals surface area (Å²) < 4.78 is 5.17. The van der Waals surface area contributed by atoms with E-state index < -0.39 is 6.09 Å². The lowest BCUT2D eigenvalue weighted by Gasteiger charge is -2.27. The molecular formula is C17H24N2O4. The van der Waals surface area contributed by atoms with E-state index >= 15 is 0 Å². The van der Waals surface area contributed by atoms with Gasteiger partial charge in [-0.2, -0.15) is 0 Å². The molecule has 1 aromatic carbocycles. The lowest BCUT2D eigenvalue weighted by Crippen LogP contribution is -2.44. The van der Waals surface area contributed by atoms with Gasteiger partial charge in [-0.05, 0) is 31.2 Å². The summed E-state index contributed by atoms with van der Waals surface area (Å²) in [6, 6.07) is 9.48. The third-order valence-electron chi connectivity index (χ3n) is 3.96. The third kappa shape index (κ3) is 5.90. The van der Waals surface area contributed by atoms with Crippen molar-refractivity contribution in [3.8, 4) is 0 Å². The van der Waals surface area contributed by atoms with Gasteiger partial charge in [-0.25, -0.2) is 4.79 Å². The van der Waals surface area contributed by atoms with Crippen molar-refractivity contribution in [2.45, 2.75) is 44.4 Å². The first kappa shape index (κ1) is 17.3. The molecule has 2 rings (SSSR count). The Morgan fingerprint density at radius 2 is 1.87 bits per heavy atom. The van der Waals surface area contributed by atoms with Crippen LogP contribution in [-0.4, -0.2) is 47.7 Å². The van der Waals surface area contributed by atoms with Crippen molar-refractivity contribution < 1.29 is 19.4 Å². The summed E-state index contributed by atoms with van der Waals surface area (Å²) in [6.45, 7) is 0.152. The van der Waals surface area contributed by atoms with E-state index in [-0.39, 0.29) is 31.2 Å². The summed E-state index contributed by atoms with van der Waals surface area (Å²) >= 11 is 0. The Morgan fingerprint density at radius 1 is 1.22 bits per heavy atom. The molecule has 1 saturated carbocycles. The molecule has 1 fully saturated rings. The molecule has 1 aliphatic rings. The Balaban J connectivity index is 1.69. The van der Waals surface area contributed by atoms with Crippen molar-refractivity contribution in [2.75, 3.05) is 13.6 Å². The number of nitrogens with zero attached hydrogens (tertiary/aromatic N) is 1. The second-order valence-electron chi connectivity index (χ2n) is 5.97. The van der Waals surface area contributed by atoms with Gasteiger partial charge in [0.05, 0.1) is 6.10 Å². The van der Waals surface area contributed by atoms with Crippen LogP contribution in [0.3, 0.4) is 0 Å². The zero-order valence-electron chi connectivity index (χ0n) is 13.4. The smallest absolute Gasteiger partial charge is 0.410 e. The number of carbonyl (C=O) groups excluding carboxylic acids is 2. The predicted molar refractivity (Wildman–Crippen MR) is 85.7 cm³/mol. The molecule has 0 saturated heterocycles. The van der Waals surface area contributed by atoms with Crippen LogP contribution in [0.5, 0.6) is 0 Å². The quantitative estimate of drug-likeness (QED) is 0.865. The van der Waals surface area contributed by atoms with Gasteiger partial charge >= 0.3 is 6.09 Å². The number of aliphatic hydroxyl groups excluding tert-OH is 1. The Morgan fingerprint density at radius 3 is 2.52 bits per heavy atom. The van der Waals surface area contributed by atoms with Crippen molar-refractivity contribution in [3.63, 3.8) is 0 Å². The molecule has 1 aromatic rings. The highest BCUT2D eigenvalue weighted by Gasteiger charge is 2.22. The van der Waals surface area contributed by atoms with Crippen LogP contribution in [0.1, 0.15) is 31.2 Å². The van der Waals surface area contributed by atoms with Crippen LogP contribution in [0.2, 0.25) is 0 Å². The molecule has 0 aliphatic heterocycles. The van der Waals surface area contributed by atoms with E-state index in [2.05, 4.69) is 5.32 Å². The number of hydrogen-bond donors (Lipinski definition) is 2. The minimum absolute atomic E-state index is 0.0350. The van der Waals surface area contributed by atoms with Gasteiger partial charge in [0.1, 0.15) is 13.2 Å². The summed E-state index contributed by atoms with van der Waals surface area (Å²) in [4.78, 5) is 25.1. The second-order valence-corrected chi connectivity index (χ2v) is 5.97. The van der Waals surface area contributed by atoms with Gasteiger partial charge in [0.2, 0.25) is 5.91 Å². The predicted octanol–water partition coefficient (Wildman–Crippen LogP) is 1.67.